The number of amides is 1. The molecule has 0 spiro atoms. The van der Waals surface area contributed by atoms with Crippen molar-refractivity contribution in [2.45, 2.75) is 39.7 Å². The maximum Gasteiger partial charge on any atom is 0.222 e. The van der Waals surface area contributed by atoms with E-state index in [1.54, 1.807) is 22.6 Å². The van der Waals surface area contributed by atoms with E-state index in [0.29, 0.717) is 13.0 Å². The van der Waals surface area contributed by atoms with Crippen LogP contribution >= 0.6 is 22.6 Å². The summed E-state index contributed by atoms with van der Waals surface area (Å²) in [5.41, 5.74) is 0.834. The lowest BCUT2D eigenvalue weighted by molar-refractivity contribution is -0.125. The number of carbonyl (C=O) groups is 2. The number of hydrogen-bond acceptors (Lipinski definition) is 3. The van der Waals surface area contributed by atoms with Crippen molar-refractivity contribution in [1.29, 1.82) is 0 Å². The van der Waals surface area contributed by atoms with Gasteiger partial charge in [-0.15, -0.1) is 0 Å². The Kier molecular flexibility index (Phi) is 8.20. The Morgan fingerprint density at radius 3 is 2.41 bits per heavy atom. The van der Waals surface area contributed by atoms with Crippen LogP contribution in [0.25, 0.3) is 0 Å². The highest BCUT2D eigenvalue weighted by atomic mass is 127. The van der Waals surface area contributed by atoms with Crippen molar-refractivity contribution in [2.75, 3.05) is 6.54 Å². The molecule has 0 aliphatic carbocycles. The van der Waals surface area contributed by atoms with Gasteiger partial charge in [0.1, 0.15) is 6.04 Å². The van der Waals surface area contributed by atoms with Gasteiger partial charge in [0.05, 0.1) is 0 Å². The second-order valence-electron chi connectivity index (χ2n) is 4.19. The Hall–Kier alpha value is -0.590. The van der Waals surface area contributed by atoms with Crippen LogP contribution in [0.2, 0.25) is 0 Å². The molecular formula is C12H21IN2O2. The topological polar surface area (TPSA) is 58.2 Å². The minimum absolute atomic E-state index is 0.0156. The molecule has 17 heavy (non-hydrogen) atoms. The molecule has 0 unspecified atom stereocenters. The third-order valence-corrected chi connectivity index (χ3v) is 3.22. The number of halogens is 1. The molecule has 0 aromatic carbocycles. The summed E-state index contributed by atoms with van der Waals surface area (Å²) in [6, 6.07) is -0.377. The number of nitrogens with one attached hydrogen (secondary N) is 2. The molecule has 0 radical (unpaired) electrons. The molecule has 5 heteroatoms. The first-order chi connectivity index (χ1) is 7.88. The highest BCUT2D eigenvalue weighted by molar-refractivity contribution is 14.1. The Balaban J connectivity index is 4.13. The van der Waals surface area contributed by atoms with Gasteiger partial charge in [-0.3, -0.25) is 9.59 Å². The molecule has 0 aliphatic rings. The van der Waals surface area contributed by atoms with Crippen LogP contribution in [0.15, 0.2) is 12.3 Å². The first-order valence-electron chi connectivity index (χ1n) is 5.76. The van der Waals surface area contributed by atoms with Crippen molar-refractivity contribution in [3.05, 3.63) is 12.3 Å². The average molecular weight is 352 g/mol. The lowest BCUT2D eigenvalue weighted by atomic mass is 10.0. The molecule has 1 amide bonds. The van der Waals surface area contributed by atoms with Crippen LogP contribution in [0.4, 0.5) is 0 Å². The quantitative estimate of drug-likeness (QED) is 0.519. The zero-order chi connectivity index (χ0) is 13.4. The van der Waals surface area contributed by atoms with E-state index in [4.69, 9.17) is 0 Å². The first-order valence-corrected chi connectivity index (χ1v) is 6.84. The van der Waals surface area contributed by atoms with Crippen molar-refractivity contribution >= 4 is 32.3 Å². The lowest BCUT2D eigenvalue weighted by Crippen LogP contribution is -2.43. The van der Waals surface area contributed by atoms with E-state index in [-0.39, 0.29) is 21.7 Å². The van der Waals surface area contributed by atoms with Crippen molar-refractivity contribution in [3.8, 4) is 0 Å². The fraction of sp³-hybridized carbons (Fsp3) is 0.667. The number of hydrogen-bond donors (Lipinski definition) is 2. The summed E-state index contributed by atoms with van der Waals surface area (Å²) in [6.45, 7) is 10.0. The summed E-state index contributed by atoms with van der Waals surface area (Å²) in [4.78, 5) is 23.0. The van der Waals surface area contributed by atoms with E-state index >= 15 is 0 Å². The van der Waals surface area contributed by atoms with E-state index < -0.39 is 0 Å². The van der Waals surface area contributed by atoms with Crippen molar-refractivity contribution < 1.29 is 9.59 Å². The SMILES string of the molecule is C=C(C)NCCC(=O)N[C@H](C(=O)I)[C@@H](C)CC. The van der Waals surface area contributed by atoms with Crippen LogP contribution in [-0.2, 0) is 9.59 Å². The molecular weight excluding hydrogens is 331 g/mol. The van der Waals surface area contributed by atoms with Gasteiger partial charge >= 0.3 is 0 Å². The van der Waals surface area contributed by atoms with Crippen molar-refractivity contribution in [2.24, 2.45) is 5.92 Å². The third-order valence-electron chi connectivity index (χ3n) is 2.55. The highest BCUT2D eigenvalue weighted by Crippen LogP contribution is 2.11. The summed E-state index contributed by atoms with van der Waals surface area (Å²) in [6.07, 6.45) is 1.22. The fourth-order valence-corrected chi connectivity index (χ4v) is 2.06. The predicted octanol–water partition coefficient (Wildman–Crippen LogP) is 1.99. The largest absolute Gasteiger partial charge is 0.389 e. The Labute approximate surface area is 117 Å². The first kappa shape index (κ1) is 16.4. The zero-order valence-corrected chi connectivity index (χ0v) is 12.8. The molecule has 0 rings (SSSR count). The minimum Gasteiger partial charge on any atom is -0.389 e. The van der Waals surface area contributed by atoms with Gasteiger partial charge in [0.25, 0.3) is 0 Å². The summed E-state index contributed by atoms with van der Waals surface area (Å²) in [7, 11) is 0. The van der Waals surface area contributed by atoms with Crippen LogP contribution < -0.4 is 10.6 Å². The molecule has 0 bridgehead atoms. The molecule has 0 aliphatic heterocycles. The Morgan fingerprint density at radius 2 is 2.00 bits per heavy atom. The second-order valence-corrected chi connectivity index (χ2v) is 5.26. The van der Waals surface area contributed by atoms with E-state index in [0.717, 1.165) is 12.1 Å². The number of carbonyl (C=O) groups excluding carboxylic acids is 2. The van der Waals surface area contributed by atoms with Crippen LogP contribution in [0.1, 0.15) is 33.6 Å². The molecule has 0 fully saturated rings. The Bertz CT molecular complexity index is 292. The van der Waals surface area contributed by atoms with Crippen molar-refractivity contribution in [3.63, 3.8) is 0 Å². The molecule has 0 saturated carbocycles. The van der Waals surface area contributed by atoms with Gasteiger partial charge in [-0.1, -0.05) is 26.8 Å². The van der Waals surface area contributed by atoms with Gasteiger partial charge < -0.3 is 10.6 Å². The van der Waals surface area contributed by atoms with Gasteiger partial charge in [0.2, 0.25) is 9.70 Å². The van der Waals surface area contributed by atoms with Crippen LogP contribution in [0.5, 0.6) is 0 Å². The molecule has 0 aromatic heterocycles. The maximum atomic E-state index is 11.6. The Morgan fingerprint density at radius 1 is 1.41 bits per heavy atom. The molecule has 0 aromatic rings. The van der Waals surface area contributed by atoms with Crippen LogP contribution in [0.3, 0.4) is 0 Å². The molecule has 4 nitrogen and oxygen atoms in total. The number of rotatable bonds is 8. The molecule has 2 atom stereocenters. The zero-order valence-electron chi connectivity index (χ0n) is 10.7. The molecule has 98 valence electrons. The van der Waals surface area contributed by atoms with E-state index in [1.807, 2.05) is 20.8 Å². The predicted molar refractivity (Wildman–Crippen MR) is 77.8 cm³/mol. The lowest BCUT2D eigenvalue weighted by Gasteiger charge is -2.20. The van der Waals surface area contributed by atoms with Crippen LogP contribution in [-0.4, -0.2) is 22.3 Å². The van der Waals surface area contributed by atoms with Gasteiger partial charge in [0, 0.05) is 41.3 Å². The van der Waals surface area contributed by atoms with Crippen molar-refractivity contribution in [1.82, 2.24) is 10.6 Å². The van der Waals surface area contributed by atoms with Gasteiger partial charge in [-0.2, -0.15) is 0 Å². The summed E-state index contributed by atoms with van der Waals surface area (Å²) in [5, 5.41) is 5.76. The number of allylic oxidation sites excluding steroid dienone is 1. The van der Waals surface area contributed by atoms with Gasteiger partial charge in [-0.25, -0.2) is 0 Å². The minimum atomic E-state index is -0.377. The maximum absolute atomic E-state index is 11.6. The highest BCUT2D eigenvalue weighted by Gasteiger charge is 2.23. The smallest absolute Gasteiger partial charge is 0.222 e. The van der Waals surface area contributed by atoms with E-state index in [1.165, 1.54) is 0 Å². The summed E-state index contributed by atoms with van der Waals surface area (Å²) >= 11 is 1.74. The normalized spacial score (nSPS) is 13.6. The summed E-state index contributed by atoms with van der Waals surface area (Å²) in [5.74, 6) is 0.0616. The van der Waals surface area contributed by atoms with Gasteiger partial charge in [0.15, 0.2) is 0 Å². The third kappa shape index (κ3) is 7.36. The molecule has 0 heterocycles. The van der Waals surface area contributed by atoms with E-state index in [2.05, 4.69) is 17.2 Å². The van der Waals surface area contributed by atoms with E-state index in [9.17, 15) is 9.59 Å². The monoisotopic (exact) mass is 352 g/mol. The summed E-state index contributed by atoms with van der Waals surface area (Å²) < 4.78 is -0.0156. The molecule has 0 saturated heterocycles. The molecule has 2 N–H and O–H groups in total. The van der Waals surface area contributed by atoms with Crippen LogP contribution in [0, 0.1) is 5.92 Å². The standard InChI is InChI=1S/C12H21IN2O2/c1-5-9(4)11(12(13)17)15-10(16)6-7-14-8(2)3/h9,11,14H,2,5-7H2,1,3-4H3,(H,15,16)/t9-,11-/m0/s1. The fourth-order valence-electron chi connectivity index (χ4n) is 1.29. The van der Waals surface area contributed by atoms with Gasteiger partial charge in [-0.05, 0) is 12.8 Å². The average Bonchev–Trinajstić information content (AvgIpc) is 2.24. The second kappa shape index (κ2) is 8.49.